The van der Waals surface area contributed by atoms with E-state index in [1.165, 1.54) is 7.11 Å². The van der Waals surface area contributed by atoms with Gasteiger partial charge in [-0.2, -0.15) is 13.2 Å². The maximum absolute atomic E-state index is 12.8. The number of methoxy groups -OCH3 is 1. The first-order valence-corrected chi connectivity index (χ1v) is 9.23. The third-order valence-corrected chi connectivity index (χ3v) is 4.76. The second-order valence-corrected chi connectivity index (χ2v) is 7.03. The fourth-order valence-corrected chi connectivity index (χ4v) is 3.34. The second kappa shape index (κ2) is 8.08. The minimum Gasteiger partial charge on any atom is -0.496 e. The van der Waals surface area contributed by atoms with Crippen LogP contribution in [0, 0.1) is 6.92 Å². The van der Waals surface area contributed by atoms with E-state index in [1.807, 2.05) is 25.1 Å². The van der Waals surface area contributed by atoms with Crippen molar-refractivity contribution in [2.75, 3.05) is 12.4 Å². The molecule has 6 nitrogen and oxygen atoms in total. The highest BCUT2D eigenvalue weighted by molar-refractivity contribution is 7.14. The summed E-state index contributed by atoms with van der Waals surface area (Å²) in [6.07, 6.45) is -3.99. The van der Waals surface area contributed by atoms with Gasteiger partial charge >= 0.3 is 6.18 Å². The van der Waals surface area contributed by atoms with Crippen LogP contribution >= 0.6 is 11.3 Å². The zero-order valence-electron chi connectivity index (χ0n) is 15.4. The Hall–Kier alpha value is -3.14. The third-order valence-electron chi connectivity index (χ3n) is 4.01. The number of pyridine rings is 1. The number of alkyl halides is 3. The predicted octanol–water partition coefficient (Wildman–Crippen LogP) is 3.95. The molecule has 0 radical (unpaired) electrons. The van der Waals surface area contributed by atoms with Gasteiger partial charge in [-0.3, -0.25) is 9.59 Å². The Morgan fingerprint density at radius 2 is 2.03 bits per heavy atom. The van der Waals surface area contributed by atoms with Crippen molar-refractivity contribution in [1.29, 1.82) is 0 Å². The number of nitrogens with one attached hydrogen (secondary N) is 1. The highest BCUT2D eigenvalue weighted by atomic mass is 32.1. The number of carbonyl (C=O) groups excluding carboxylic acids is 1. The van der Waals surface area contributed by atoms with E-state index in [-0.39, 0.29) is 5.13 Å². The van der Waals surface area contributed by atoms with Crippen LogP contribution in [-0.2, 0) is 17.5 Å². The fourth-order valence-electron chi connectivity index (χ4n) is 2.61. The number of benzene rings is 1. The number of aromatic nitrogens is 2. The Morgan fingerprint density at radius 1 is 1.28 bits per heavy atom. The first-order chi connectivity index (χ1) is 13.7. The molecule has 2 aromatic heterocycles. The SMILES string of the molecule is COc1ccc(C)cc1-c1csc(NC(=O)Cn2cc(C(F)(F)F)ccc2=O)n1. The average Bonchev–Trinajstić information content (AvgIpc) is 3.10. The lowest BCUT2D eigenvalue weighted by molar-refractivity contribution is -0.138. The van der Waals surface area contributed by atoms with Crippen LogP contribution in [0.15, 0.2) is 46.7 Å². The molecule has 152 valence electrons. The Bertz CT molecular complexity index is 1110. The molecule has 0 bridgehead atoms. The Labute approximate surface area is 167 Å². The summed E-state index contributed by atoms with van der Waals surface area (Å²) in [7, 11) is 1.54. The van der Waals surface area contributed by atoms with Crippen LogP contribution in [0.25, 0.3) is 11.3 Å². The van der Waals surface area contributed by atoms with E-state index in [1.54, 1.807) is 5.38 Å². The number of amides is 1. The molecular formula is C19H16F3N3O3S. The van der Waals surface area contributed by atoms with Crippen LogP contribution in [-0.4, -0.2) is 22.6 Å². The molecule has 0 aliphatic carbocycles. The second-order valence-electron chi connectivity index (χ2n) is 6.17. The number of thiazole rings is 1. The maximum Gasteiger partial charge on any atom is 0.417 e. The molecule has 0 saturated carbocycles. The number of rotatable bonds is 5. The molecule has 3 aromatic rings. The molecule has 0 unspecified atom stereocenters. The van der Waals surface area contributed by atoms with E-state index in [0.29, 0.717) is 28.3 Å². The molecule has 10 heteroatoms. The highest BCUT2D eigenvalue weighted by Gasteiger charge is 2.31. The van der Waals surface area contributed by atoms with Gasteiger partial charge in [-0.25, -0.2) is 4.98 Å². The van der Waals surface area contributed by atoms with Crippen LogP contribution in [0.2, 0.25) is 0 Å². The topological polar surface area (TPSA) is 73.2 Å². The van der Waals surface area contributed by atoms with Gasteiger partial charge in [-0.05, 0) is 25.1 Å². The summed E-state index contributed by atoms with van der Waals surface area (Å²) in [5, 5.41) is 4.49. The fraction of sp³-hybridized carbons (Fsp3) is 0.211. The van der Waals surface area contributed by atoms with Crippen molar-refractivity contribution < 1.29 is 22.7 Å². The molecule has 2 heterocycles. The average molecular weight is 423 g/mol. The molecular weight excluding hydrogens is 407 g/mol. The van der Waals surface area contributed by atoms with Gasteiger partial charge in [0.05, 0.1) is 18.4 Å². The predicted molar refractivity (Wildman–Crippen MR) is 103 cm³/mol. The largest absolute Gasteiger partial charge is 0.496 e. The van der Waals surface area contributed by atoms with Crippen LogP contribution in [0.3, 0.4) is 0 Å². The van der Waals surface area contributed by atoms with E-state index in [9.17, 15) is 22.8 Å². The number of hydrogen-bond acceptors (Lipinski definition) is 5. The quantitative estimate of drug-likeness (QED) is 0.675. The minimum atomic E-state index is -4.61. The highest BCUT2D eigenvalue weighted by Crippen LogP contribution is 2.33. The van der Waals surface area contributed by atoms with Gasteiger partial charge in [0.1, 0.15) is 12.3 Å². The Morgan fingerprint density at radius 3 is 2.72 bits per heavy atom. The Kier molecular flexibility index (Phi) is 5.73. The molecule has 0 aliphatic rings. The molecule has 1 aromatic carbocycles. The number of ether oxygens (including phenoxy) is 1. The Balaban J connectivity index is 1.77. The lowest BCUT2D eigenvalue weighted by Crippen LogP contribution is -2.28. The van der Waals surface area contributed by atoms with Crippen LogP contribution < -0.4 is 15.6 Å². The number of halogens is 3. The van der Waals surface area contributed by atoms with Crippen molar-refractivity contribution in [2.45, 2.75) is 19.6 Å². The number of nitrogens with zero attached hydrogens (tertiary/aromatic N) is 2. The minimum absolute atomic E-state index is 0.258. The molecule has 0 atom stereocenters. The molecule has 0 saturated heterocycles. The summed E-state index contributed by atoms with van der Waals surface area (Å²) < 4.78 is 44.4. The van der Waals surface area contributed by atoms with E-state index < -0.39 is 29.8 Å². The van der Waals surface area contributed by atoms with Crippen molar-refractivity contribution in [2.24, 2.45) is 0 Å². The summed E-state index contributed by atoms with van der Waals surface area (Å²) in [6, 6.07) is 7.05. The molecule has 1 amide bonds. The zero-order chi connectivity index (χ0) is 21.2. The molecule has 29 heavy (non-hydrogen) atoms. The monoisotopic (exact) mass is 423 g/mol. The zero-order valence-corrected chi connectivity index (χ0v) is 16.2. The number of hydrogen-bond donors (Lipinski definition) is 1. The molecule has 0 spiro atoms. The summed E-state index contributed by atoms with van der Waals surface area (Å²) >= 11 is 1.15. The lowest BCUT2D eigenvalue weighted by Gasteiger charge is -2.10. The summed E-state index contributed by atoms with van der Waals surface area (Å²) in [6.45, 7) is 1.36. The maximum atomic E-state index is 12.8. The van der Waals surface area contributed by atoms with Gasteiger partial charge < -0.3 is 14.6 Å². The molecule has 1 N–H and O–H groups in total. The summed E-state index contributed by atoms with van der Waals surface area (Å²) in [4.78, 5) is 28.3. The number of carbonyl (C=O) groups is 1. The first-order valence-electron chi connectivity index (χ1n) is 8.35. The van der Waals surface area contributed by atoms with Crippen LogP contribution in [0.1, 0.15) is 11.1 Å². The normalized spacial score (nSPS) is 11.3. The van der Waals surface area contributed by atoms with E-state index >= 15 is 0 Å². The summed E-state index contributed by atoms with van der Waals surface area (Å²) in [5.74, 6) is -0.0437. The first kappa shape index (κ1) is 20.6. The molecule has 0 fully saturated rings. The van der Waals surface area contributed by atoms with Gasteiger partial charge in [0, 0.05) is 23.2 Å². The standard InChI is InChI=1S/C19H16F3N3O3S/c1-11-3-5-15(28-2)13(7-11)14-10-29-18(23-14)24-16(26)9-25-8-12(19(20,21)22)4-6-17(25)27/h3-8,10H,9H2,1-2H3,(H,23,24,26). The smallest absolute Gasteiger partial charge is 0.417 e. The van der Waals surface area contributed by atoms with Gasteiger partial charge in [0.15, 0.2) is 5.13 Å². The van der Waals surface area contributed by atoms with Gasteiger partial charge in [0.25, 0.3) is 5.56 Å². The molecule has 0 aliphatic heterocycles. The third kappa shape index (κ3) is 4.83. The van der Waals surface area contributed by atoms with Crippen molar-refractivity contribution in [3.63, 3.8) is 0 Å². The van der Waals surface area contributed by atoms with E-state index in [2.05, 4.69) is 10.3 Å². The van der Waals surface area contributed by atoms with Crippen molar-refractivity contribution >= 4 is 22.4 Å². The van der Waals surface area contributed by atoms with E-state index in [4.69, 9.17) is 4.74 Å². The number of aryl methyl sites for hydroxylation is 1. The molecule has 3 rings (SSSR count). The van der Waals surface area contributed by atoms with Gasteiger partial charge in [-0.1, -0.05) is 11.6 Å². The van der Waals surface area contributed by atoms with E-state index in [0.717, 1.165) is 28.5 Å². The van der Waals surface area contributed by atoms with Crippen molar-refractivity contribution in [3.05, 3.63) is 63.4 Å². The van der Waals surface area contributed by atoms with Gasteiger partial charge in [-0.15, -0.1) is 11.3 Å². The van der Waals surface area contributed by atoms with Crippen molar-refractivity contribution in [1.82, 2.24) is 9.55 Å². The van der Waals surface area contributed by atoms with Crippen LogP contribution in [0.5, 0.6) is 5.75 Å². The van der Waals surface area contributed by atoms with Crippen LogP contribution in [0.4, 0.5) is 18.3 Å². The number of anilines is 1. The lowest BCUT2D eigenvalue weighted by atomic mass is 10.1. The summed E-state index contributed by atoms with van der Waals surface area (Å²) in [5.41, 5.74) is 0.620. The van der Waals surface area contributed by atoms with Gasteiger partial charge in [0.2, 0.25) is 5.91 Å². The van der Waals surface area contributed by atoms with Crippen molar-refractivity contribution in [3.8, 4) is 17.0 Å².